The normalized spacial score (nSPS) is 12.1. The van der Waals surface area contributed by atoms with E-state index in [9.17, 15) is 21.6 Å². The minimum atomic E-state index is -3.80. The van der Waals surface area contributed by atoms with Crippen molar-refractivity contribution in [1.82, 2.24) is 10.2 Å². The standard InChI is InChI=1S/C20H24F3N3O3S/c1-3-24-20(25-12-13-30(27,28)18-7-5-4-6-17(18)21)26(2)14-15-8-10-16(11-9-15)29-19(22)23/h4-11,19H,3,12-14H2,1-2H3,(H,24,25). The second-order valence-electron chi connectivity index (χ2n) is 6.36. The van der Waals surface area contributed by atoms with Crippen molar-refractivity contribution in [3.05, 3.63) is 59.9 Å². The number of aliphatic imine (C=N–C) groups is 1. The summed E-state index contributed by atoms with van der Waals surface area (Å²) in [6, 6.07) is 11.4. The predicted octanol–water partition coefficient (Wildman–Crippen LogP) is 3.30. The van der Waals surface area contributed by atoms with Crippen LogP contribution < -0.4 is 10.1 Å². The lowest BCUT2D eigenvalue weighted by Crippen LogP contribution is -2.38. The Morgan fingerprint density at radius 2 is 1.83 bits per heavy atom. The molecular formula is C20H24F3N3O3S. The first-order valence-corrected chi connectivity index (χ1v) is 10.9. The number of ether oxygens (including phenoxy) is 1. The van der Waals surface area contributed by atoms with E-state index in [1.54, 1.807) is 24.1 Å². The van der Waals surface area contributed by atoms with E-state index >= 15 is 0 Å². The van der Waals surface area contributed by atoms with Crippen LogP contribution in [0, 0.1) is 5.82 Å². The zero-order valence-electron chi connectivity index (χ0n) is 16.7. The van der Waals surface area contributed by atoms with Crippen molar-refractivity contribution in [3.8, 4) is 5.75 Å². The van der Waals surface area contributed by atoms with Crippen LogP contribution in [-0.2, 0) is 16.4 Å². The van der Waals surface area contributed by atoms with Crippen LogP contribution in [0.4, 0.5) is 13.2 Å². The quantitative estimate of drug-likeness (QED) is 0.476. The molecule has 0 radical (unpaired) electrons. The lowest BCUT2D eigenvalue weighted by molar-refractivity contribution is -0.0498. The van der Waals surface area contributed by atoms with E-state index in [0.717, 1.165) is 11.6 Å². The summed E-state index contributed by atoms with van der Waals surface area (Å²) in [5.74, 6) is -0.592. The molecule has 0 aromatic heterocycles. The van der Waals surface area contributed by atoms with Crippen molar-refractivity contribution in [2.45, 2.75) is 25.0 Å². The molecule has 0 spiro atoms. The van der Waals surface area contributed by atoms with Gasteiger partial charge in [0.2, 0.25) is 0 Å². The summed E-state index contributed by atoms with van der Waals surface area (Å²) in [4.78, 5) is 5.74. The maximum atomic E-state index is 13.8. The van der Waals surface area contributed by atoms with Gasteiger partial charge in [-0.3, -0.25) is 4.99 Å². The van der Waals surface area contributed by atoms with Crippen molar-refractivity contribution in [2.75, 3.05) is 25.9 Å². The third kappa shape index (κ3) is 6.94. The number of halogens is 3. The zero-order valence-corrected chi connectivity index (χ0v) is 17.5. The summed E-state index contributed by atoms with van der Waals surface area (Å²) in [6.07, 6.45) is 0. The van der Waals surface area contributed by atoms with Gasteiger partial charge in [0.15, 0.2) is 15.8 Å². The molecule has 0 saturated carbocycles. The van der Waals surface area contributed by atoms with Crippen LogP contribution in [0.5, 0.6) is 5.75 Å². The van der Waals surface area contributed by atoms with E-state index < -0.39 is 22.3 Å². The fraction of sp³-hybridized carbons (Fsp3) is 0.350. The molecule has 164 valence electrons. The first-order chi connectivity index (χ1) is 14.2. The van der Waals surface area contributed by atoms with Gasteiger partial charge in [0.25, 0.3) is 0 Å². The highest BCUT2D eigenvalue weighted by molar-refractivity contribution is 7.91. The third-order valence-corrected chi connectivity index (χ3v) is 5.78. The smallest absolute Gasteiger partial charge is 0.387 e. The van der Waals surface area contributed by atoms with Gasteiger partial charge in [-0.15, -0.1) is 0 Å². The lowest BCUT2D eigenvalue weighted by atomic mass is 10.2. The molecule has 0 fully saturated rings. The molecule has 2 aromatic carbocycles. The van der Waals surface area contributed by atoms with Gasteiger partial charge in [-0.25, -0.2) is 12.8 Å². The molecule has 0 aliphatic rings. The zero-order chi connectivity index (χ0) is 22.1. The topological polar surface area (TPSA) is 71.0 Å². The van der Waals surface area contributed by atoms with Gasteiger partial charge in [0.1, 0.15) is 16.5 Å². The summed E-state index contributed by atoms with van der Waals surface area (Å²) >= 11 is 0. The van der Waals surface area contributed by atoms with Gasteiger partial charge in [0, 0.05) is 20.1 Å². The second kappa shape index (κ2) is 10.9. The minimum absolute atomic E-state index is 0.0511. The van der Waals surface area contributed by atoms with E-state index in [0.29, 0.717) is 19.0 Å². The van der Waals surface area contributed by atoms with Gasteiger partial charge in [-0.1, -0.05) is 24.3 Å². The second-order valence-corrected chi connectivity index (χ2v) is 8.44. The first-order valence-electron chi connectivity index (χ1n) is 9.23. The van der Waals surface area contributed by atoms with Gasteiger partial charge in [0.05, 0.1) is 12.3 Å². The van der Waals surface area contributed by atoms with Crippen LogP contribution in [0.15, 0.2) is 58.4 Å². The highest BCUT2D eigenvalue weighted by atomic mass is 32.2. The molecule has 10 heteroatoms. The Morgan fingerprint density at radius 3 is 2.43 bits per heavy atom. The highest BCUT2D eigenvalue weighted by Crippen LogP contribution is 2.16. The molecule has 0 saturated heterocycles. The van der Waals surface area contributed by atoms with E-state index in [1.165, 1.54) is 30.3 Å². The van der Waals surface area contributed by atoms with Crippen LogP contribution in [0.1, 0.15) is 12.5 Å². The molecule has 0 aliphatic heterocycles. The monoisotopic (exact) mass is 443 g/mol. The number of alkyl halides is 2. The summed E-state index contributed by atoms with van der Waals surface area (Å²) in [5, 5.41) is 3.06. The van der Waals surface area contributed by atoms with Gasteiger partial charge in [-0.05, 0) is 36.8 Å². The SMILES string of the molecule is CCNC(=NCCS(=O)(=O)c1ccccc1F)N(C)Cc1ccc(OC(F)F)cc1. The van der Waals surface area contributed by atoms with Gasteiger partial charge >= 0.3 is 6.61 Å². The fourth-order valence-corrected chi connectivity index (χ4v) is 3.88. The molecule has 6 nitrogen and oxygen atoms in total. The fourth-order valence-electron chi connectivity index (χ4n) is 2.67. The molecule has 0 heterocycles. The average Bonchev–Trinajstić information content (AvgIpc) is 2.68. The average molecular weight is 443 g/mol. The number of nitrogens with one attached hydrogen (secondary N) is 1. The molecule has 0 atom stereocenters. The molecule has 1 N–H and O–H groups in total. The van der Waals surface area contributed by atoms with Crippen molar-refractivity contribution < 1.29 is 26.3 Å². The van der Waals surface area contributed by atoms with E-state index in [-0.39, 0.29) is 22.9 Å². The summed E-state index contributed by atoms with van der Waals surface area (Å²) < 4.78 is 67.3. The number of nitrogens with zero attached hydrogens (tertiary/aromatic N) is 2. The Bertz CT molecular complexity index is 951. The maximum absolute atomic E-state index is 13.8. The number of sulfone groups is 1. The Morgan fingerprint density at radius 1 is 1.17 bits per heavy atom. The minimum Gasteiger partial charge on any atom is -0.435 e. The van der Waals surface area contributed by atoms with Gasteiger partial charge < -0.3 is 15.0 Å². The van der Waals surface area contributed by atoms with Gasteiger partial charge in [-0.2, -0.15) is 8.78 Å². The Hall–Kier alpha value is -2.75. The number of benzene rings is 2. The molecule has 30 heavy (non-hydrogen) atoms. The number of hydrogen-bond acceptors (Lipinski definition) is 4. The predicted molar refractivity (Wildman–Crippen MR) is 109 cm³/mol. The summed E-state index contributed by atoms with van der Waals surface area (Å²) in [6.45, 7) is -0.0993. The Labute approximate surface area is 174 Å². The molecule has 0 unspecified atom stereocenters. The molecule has 0 aliphatic carbocycles. The summed E-state index contributed by atoms with van der Waals surface area (Å²) in [7, 11) is -2.04. The Kier molecular flexibility index (Phi) is 8.52. The molecule has 2 aromatic rings. The molecular weight excluding hydrogens is 419 g/mol. The van der Waals surface area contributed by atoms with Crippen molar-refractivity contribution in [2.24, 2.45) is 4.99 Å². The van der Waals surface area contributed by atoms with E-state index in [2.05, 4.69) is 15.0 Å². The third-order valence-electron chi connectivity index (χ3n) is 4.06. The van der Waals surface area contributed by atoms with Crippen LogP contribution >= 0.6 is 0 Å². The lowest BCUT2D eigenvalue weighted by Gasteiger charge is -2.22. The molecule has 0 bridgehead atoms. The van der Waals surface area contributed by atoms with Crippen molar-refractivity contribution >= 4 is 15.8 Å². The molecule has 2 rings (SSSR count). The first kappa shape index (κ1) is 23.5. The Balaban J connectivity index is 2.03. The van der Waals surface area contributed by atoms with Crippen LogP contribution in [0.2, 0.25) is 0 Å². The summed E-state index contributed by atoms with van der Waals surface area (Å²) in [5.41, 5.74) is 0.823. The van der Waals surface area contributed by atoms with E-state index in [4.69, 9.17) is 0 Å². The molecule has 0 amide bonds. The van der Waals surface area contributed by atoms with Crippen LogP contribution in [0.3, 0.4) is 0 Å². The van der Waals surface area contributed by atoms with E-state index in [1.807, 2.05) is 6.92 Å². The van der Waals surface area contributed by atoms with Crippen molar-refractivity contribution in [1.29, 1.82) is 0 Å². The number of rotatable bonds is 9. The maximum Gasteiger partial charge on any atom is 0.387 e. The van der Waals surface area contributed by atoms with Crippen molar-refractivity contribution in [3.63, 3.8) is 0 Å². The van der Waals surface area contributed by atoms with Crippen LogP contribution in [-0.4, -0.2) is 51.8 Å². The largest absolute Gasteiger partial charge is 0.435 e. The highest BCUT2D eigenvalue weighted by Gasteiger charge is 2.18. The van der Waals surface area contributed by atoms with Crippen LogP contribution in [0.25, 0.3) is 0 Å². The number of guanidine groups is 1. The number of hydrogen-bond donors (Lipinski definition) is 1.